The maximum absolute atomic E-state index is 13.6. The van der Waals surface area contributed by atoms with E-state index in [1.807, 2.05) is 23.8 Å². The lowest BCUT2D eigenvalue weighted by atomic mass is 10.1. The van der Waals surface area contributed by atoms with Gasteiger partial charge in [-0.25, -0.2) is 4.39 Å². The van der Waals surface area contributed by atoms with Gasteiger partial charge in [-0.3, -0.25) is 4.79 Å². The van der Waals surface area contributed by atoms with Gasteiger partial charge in [0, 0.05) is 10.5 Å². The van der Waals surface area contributed by atoms with Crippen molar-refractivity contribution in [2.24, 2.45) is 0 Å². The Kier molecular flexibility index (Phi) is 4.71. The second-order valence-electron chi connectivity index (χ2n) is 4.33. The highest BCUT2D eigenvalue weighted by molar-refractivity contribution is 9.10. The van der Waals surface area contributed by atoms with Crippen LogP contribution in [0.1, 0.15) is 22.8 Å². The topological polar surface area (TPSA) is 29.1 Å². The van der Waals surface area contributed by atoms with E-state index >= 15 is 0 Å². The molecule has 0 aliphatic rings. The highest BCUT2D eigenvalue weighted by atomic mass is 79.9. The van der Waals surface area contributed by atoms with Crippen LogP contribution < -0.4 is 5.32 Å². The van der Waals surface area contributed by atoms with Crippen molar-refractivity contribution in [1.29, 1.82) is 0 Å². The molecule has 0 saturated carbocycles. The first-order chi connectivity index (χ1) is 9.06. The van der Waals surface area contributed by atoms with E-state index in [9.17, 15) is 9.18 Å². The van der Waals surface area contributed by atoms with Crippen LogP contribution in [0.5, 0.6) is 0 Å². The van der Waals surface area contributed by atoms with Gasteiger partial charge in [-0.15, -0.1) is 0 Å². The fourth-order valence-electron chi connectivity index (χ4n) is 1.79. The first-order valence-corrected chi connectivity index (χ1v) is 7.57. The lowest BCUT2D eigenvalue weighted by Gasteiger charge is -2.13. The van der Waals surface area contributed by atoms with Crippen LogP contribution >= 0.6 is 27.3 Å². The van der Waals surface area contributed by atoms with Gasteiger partial charge in [0.15, 0.2) is 0 Å². The molecular weight excluding hydrogens is 329 g/mol. The predicted molar refractivity (Wildman–Crippen MR) is 79.1 cm³/mol. The van der Waals surface area contributed by atoms with Crippen LogP contribution in [0.2, 0.25) is 0 Å². The summed E-state index contributed by atoms with van der Waals surface area (Å²) in [6, 6.07) is 6.41. The van der Waals surface area contributed by atoms with Crippen LogP contribution in [0, 0.1) is 5.82 Å². The standard InChI is InChI=1S/C14H13BrFNOS/c1-9(6-10-4-5-19-8-10)17-14(18)12-3-2-11(15)7-13(12)16/h2-5,7-9H,6H2,1H3,(H,17,18). The van der Waals surface area contributed by atoms with Crippen molar-refractivity contribution in [3.63, 3.8) is 0 Å². The molecular formula is C14H13BrFNOS. The molecule has 1 amide bonds. The second-order valence-corrected chi connectivity index (χ2v) is 6.03. The van der Waals surface area contributed by atoms with Gasteiger partial charge < -0.3 is 5.32 Å². The number of thiophene rings is 1. The van der Waals surface area contributed by atoms with Crippen molar-refractivity contribution in [2.45, 2.75) is 19.4 Å². The minimum Gasteiger partial charge on any atom is -0.349 e. The molecule has 0 aliphatic carbocycles. The molecule has 100 valence electrons. The van der Waals surface area contributed by atoms with E-state index in [0.29, 0.717) is 4.47 Å². The zero-order valence-corrected chi connectivity index (χ0v) is 12.7. The van der Waals surface area contributed by atoms with Gasteiger partial charge in [0.05, 0.1) is 5.56 Å². The van der Waals surface area contributed by atoms with Gasteiger partial charge in [-0.2, -0.15) is 11.3 Å². The minimum absolute atomic E-state index is 0.0369. The summed E-state index contributed by atoms with van der Waals surface area (Å²) in [7, 11) is 0. The predicted octanol–water partition coefficient (Wildman–Crippen LogP) is 4.01. The van der Waals surface area contributed by atoms with Crippen molar-refractivity contribution in [3.8, 4) is 0 Å². The third kappa shape index (κ3) is 3.88. The highest BCUT2D eigenvalue weighted by Gasteiger charge is 2.14. The largest absolute Gasteiger partial charge is 0.349 e. The Balaban J connectivity index is 2.00. The average molecular weight is 342 g/mol. The molecule has 0 fully saturated rings. The fraction of sp³-hybridized carbons (Fsp3) is 0.214. The minimum atomic E-state index is -0.519. The average Bonchev–Trinajstić information content (AvgIpc) is 2.81. The van der Waals surface area contributed by atoms with Gasteiger partial charge in [-0.1, -0.05) is 15.9 Å². The van der Waals surface area contributed by atoms with Gasteiger partial charge in [0.2, 0.25) is 0 Å². The molecule has 1 unspecified atom stereocenters. The summed E-state index contributed by atoms with van der Waals surface area (Å²) in [5.74, 6) is -0.901. The number of halogens is 2. The quantitative estimate of drug-likeness (QED) is 0.894. The molecule has 2 nitrogen and oxygen atoms in total. The first kappa shape index (κ1) is 14.2. The number of carbonyl (C=O) groups is 1. The summed E-state index contributed by atoms with van der Waals surface area (Å²) < 4.78 is 14.3. The number of hydrogen-bond donors (Lipinski definition) is 1. The Labute approximate surface area is 123 Å². The highest BCUT2D eigenvalue weighted by Crippen LogP contribution is 2.15. The normalized spacial score (nSPS) is 12.2. The summed E-state index contributed by atoms with van der Waals surface area (Å²) in [6.07, 6.45) is 0.743. The van der Waals surface area contributed by atoms with Crippen molar-refractivity contribution in [1.82, 2.24) is 5.32 Å². The van der Waals surface area contributed by atoms with Crippen molar-refractivity contribution >= 4 is 33.2 Å². The van der Waals surface area contributed by atoms with E-state index in [1.165, 1.54) is 17.7 Å². The summed E-state index contributed by atoms with van der Waals surface area (Å²) in [6.45, 7) is 1.91. The SMILES string of the molecule is CC(Cc1ccsc1)NC(=O)c1ccc(Br)cc1F. The zero-order chi connectivity index (χ0) is 13.8. The number of rotatable bonds is 4. The number of amides is 1. The molecule has 1 aromatic heterocycles. The van der Waals surface area contributed by atoms with E-state index in [2.05, 4.69) is 21.2 Å². The Hall–Kier alpha value is -1.20. The molecule has 5 heteroatoms. The van der Waals surface area contributed by atoms with Gasteiger partial charge in [0.25, 0.3) is 5.91 Å². The Morgan fingerprint density at radius 3 is 2.89 bits per heavy atom. The first-order valence-electron chi connectivity index (χ1n) is 5.83. The molecule has 0 aliphatic heterocycles. The van der Waals surface area contributed by atoms with Crippen LogP contribution in [0.4, 0.5) is 4.39 Å². The maximum Gasteiger partial charge on any atom is 0.254 e. The van der Waals surface area contributed by atoms with Gasteiger partial charge in [0.1, 0.15) is 5.82 Å². The smallest absolute Gasteiger partial charge is 0.254 e. The molecule has 0 saturated heterocycles. The molecule has 19 heavy (non-hydrogen) atoms. The van der Waals surface area contributed by atoms with Crippen molar-refractivity contribution in [2.75, 3.05) is 0 Å². The monoisotopic (exact) mass is 341 g/mol. The second kappa shape index (κ2) is 6.30. The summed E-state index contributed by atoms with van der Waals surface area (Å²) in [5, 5.41) is 6.85. The van der Waals surface area contributed by atoms with E-state index in [0.717, 1.165) is 6.42 Å². The van der Waals surface area contributed by atoms with Crippen molar-refractivity contribution < 1.29 is 9.18 Å². The summed E-state index contributed by atoms with van der Waals surface area (Å²) >= 11 is 4.79. The van der Waals surface area contributed by atoms with E-state index in [1.54, 1.807) is 17.4 Å². The molecule has 2 aromatic rings. The molecule has 0 bridgehead atoms. The van der Waals surface area contributed by atoms with Crippen LogP contribution in [0.25, 0.3) is 0 Å². The summed E-state index contributed by atoms with van der Waals surface area (Å²) in [4.78, 5) is 12.0. The number of carbonyl (C=O) groups excluding carboxylic acids is 1. The Morgan fingerprint density at radius 2 is 2.26 bits per heavy atom. The number of nitrogens with one attached hydrogen (secondary N) is 1. The zero-order valence-electron chi connectivity index (χ0n) is 10.3. The third-order valence-corrected chi connectivity index (χ3v) is 3.90. The van der Waals surface area contributed by atoms with Crippen molar-refractivity contribution in [3.05, 3.63) is 56.4 Å². The Morgan fingerprint density at radius 1 is 1.47 bits per heavy atom. The third-order valence-electron chi connectivity index (χ3n) is 2.68. The van der Waals surface area contributed by atoms with Crippen LogP contribution in [-0.2, 0) is 6.42 Å². The maximum atomic E-state index is 13.6. The van der Waals surface area contributed by atoms with Crippen LogP contribution in [0.3, 0.4) is 0 Å². The summed E-state index contributed by atoms with van der Waals surface area (Å²) in [5.41, 5.74) is 1.24. The molecule has 0 radical (unpaired) electrons. The molecule has 1 aromatic carbocycles. The van der Waals surface area contributed by atoms with Crippen LogP contribution in [-0.4, -0.2) is 11.9 Å². The molecule has 2 rings (SSSR count). The van der Waals surface area contributed by atoms with Crippen LogP contribution in [0.15, 0.2) is 39.5 Å². The molecule has 1 N–H and O–H groups in total. The fourth-order valence-corrected chi connectivity index (χ4v) is 2.80. The van der Waals surface area contributed by atoms with E-state index in [-0.39, 0.29) is 17.5 Å². The van der Waals surface area contributed by atoms with E-state index < -0.39 is 5.82 Å². The molecule has 1 heterocycles. The number of hydrogen-bond acceptors (Lipinski definition) is 2. The Bertz CT molecular complexity index is 571. The lowest BCUT2D eigenvalue weighted by Crippen LogP contribution is -2.34. The molecule has 0 spiro atoms. The van der Waals surface area contributed by atoms with Gasteiger partial charge >= 0.3 is 0 Å². The van der Waals surface area contributed by atoms with E-state index in [4.69, 9.17) is 0 Å². The lowest BCUT2D eigenvalue weighted by molar-refractivity contribution is 0.0936. The van der Waals surface area contributed by atoms with Gasteiger partial charge in [-0.05, 0) is 53.9 Å². The number of benzene rings is 1. The molecule has 1 atom stereocenters.